The Morgan fingerprint density at radius 1 is 1.26 bits per heavy atom. The van der Waals surface area contributed by atoms with Gasteiger partial charge in [-0.1, -0.05) is 23.8 Å². The summed E-state index contributed by atoms with van der Waals surface area (Å²) < 4.78 is 5.24. The lowest BCUT2D eigenvalue weighted by molar-refractivity contribution is 0.0575. The second-order valence-electron chi connectivity index (χ2n) is 7.65. The van der Waals surface area contributed by atoms with Gasteiger partial charge in [-0.15, -0.1) is 0 Å². The van der Waals surface area contributed by atoms with Crippen LogP contribution in [0.1, 0.15) is 44.1 Å². The van der Waals surface area contributed by atoms with Gasteiger partial charge in [0.05, 0.1) is 17.6 Å². The molecule has 1 amide bonds. The molecule has 2 aromatic rings. The molecule has 5 rings (SSSR count). The Morgan fingerprint density at radius 2 is 1.96 bits per heavy atom. The van der Waals surface area contributed by atoms with E-state index < -0.39 is 6.09 Å². The number of hydrogen-bond donors (Lipinski definition) is 2. The van der Waals surface area contributed by atoms with Crippen LogP contribution in [0.5, 0.6) is 5.88 Å². The predicted octanol–water partition coefficient (Wildman–Crippen LogP) is 4.67. The van der Waals surface area contributed by atoms with Crippen LogP contribution in [-0.4, -0.2) is 33.8 Å². The lowest BCUT2D eigenvalue weighted by Gasteiger charge is -2.52. The van der Waals surface area contributed by atoms with Gasteiger partial charge in [-0.05, 0) is 50.0 Å². The molecule has 0 spiro atoms. The molecule has 6 nitrogen and oxygen atoms in total. The summed E-state index contributed by atoms with van der Waals surface area (Å²) in [6, 6.07) is 3.66. The van der Waals surface area contributed by atoms with Crippen molar-refractivity contribution in [1.29, 1.82) is 0 Å². The van der Waals surface area contributed by atoms with Crippen LogP contribution in [0.2, 0.25) is 5.02 Å². The third kappa shape index (κ3) is 3.34. The number of allylic oxidation sites excluding steroid dienone is 1. The highest BCUT2D eigenvalue weighted by molar-refractivity contribution is 6.32. The first-order valence-corrected chi connectivity index (χ1v) is 9.52. The number of hydrogen-bond acceptors (Lipinski definition) is 4. The van der Waals surface area contributed by atoms with Crippen LogP contribution in [0.25, 0.3) is 17.1 Å². The largest absolute Gasteiger partial charge is 0.481 e. The molecule has 0 unspecified atom stereocenters. The minimum Gasteiger partial charge on any atom is -0.481 e. The summed E-state index contributed by atoms with van der Waals surface area (Å²) in [5.74, 6) is 0.527. The van der Waals surface area contributed by atoms with Crippen molar-refractivity contribution in [2.45, 2.75) is 44.1 Å². The molecule has 142 valence electrons. The molecule has 3 fully saturated rings. The van der Waals surface area contributed by atoms with Crippen molar-refractivity contribution in [3.8, 4) is 5.88 Å². The van der Waals surface area contributed by atoms with E-state index in [1.54, 1.807) is 19.4 Å². The zero-order valence-corrected chi connectivity index (χ0v) is 15.9. The SMILES string of the molecule is COc1ccc2ncc(Cl)c(C=CC34CCC(NC(=O)O)(CC3)CC4)c2n1. The number of amides is 1. The topological polar surface area (TPSA) is 84.3 Å². The Labute approximate surface area is 162 Å². The molecule has 2 N–H and O–H groups in total. The molecular weight excluding hydrogens is 366 g/mol. The number of pyridine rings is 2. The smallest absolute Gasteiger partial charge is 0.405 e. The fourth-order valence-electron chi connectivity index (χ4n) is 4.46. The van der Waals surface area contributed by atoms with Gasteiger partial charge < -0.3 is 15.2 Å². The van der Waals surface area contributed by atoms with E-state index >= 15 is 0 Å². The van der Waals surface area contributed by atoms with Gasteiger partial charge >= 0.3 is 6.09 Å². The van der Waals surface area contributed by atoms with Crippen molar-refractivity contribution < 1.29 is 14.6 Å². The summed E-state index contributed by atoms with van der Waals surface area (Å²) in [5.41, 5.74) is 2.20. The number of halogens is 1. The molecule has 7 heteroatoms. The molecule has 3 aliphatic rings. The van der Waals surface area contributed by atoms with Crippen LogP contribution in [-0.2, 0) is 0 Å². The molecular formula is C20H22ClN3O3. The maximum Gasteiger partial charge on any atom is 0.405 e. The molecule has 0 saturated heterocycles. The van der Waals surface area contributed by atoms with E-state index in [1.165, 1.54) is 0 Å². The maximum absolute atomic E-state index is 11.1. The van der Waals surface area contributed by atoms with Crippen molar-refractivity contribution in [1.82, 2.24) is 15.3 Å². The van der Waals surface area contributed by atoms with E-state index in [-0.39, 0.29) is 11.0 Å². The summed E-state index contributed by atoms with van der Waals surface area (Å²) in [7, 11) is 1.59. The van der Waals surface area contributed by atoms with Crippen LogP contribution >= 0.6 is 11.6 Å². The zero-order valence-electron chi connectivity index (χ0n) is 15.2. The Balaban J connectivity index is 1.63. The summed E-state index contributed by atoms with van der Waals surface area (Å²) in [4.78, 5) is 20.0. The van der Waals surface area contributed by atoms with Crippen molar-refractivity contribution in [2.24, 2.45) is 5.41 Å². The molecule has 2 bridgehead atoms. The maximum atomic E-state index is 11.1. The number of nitrogens with zero attached hydrogens (tertiary/aromatic N) is 2. The van der Waals surface area contributed by atoms with Crippen LogP contribution < -0.4 is 10.1 Å². The first-order chi connectivity index (χ1) is 12.9. The first-order valence-electron chi connectivity index (χ1n) is 9.14. The van der Waals surface area contributed by atoms with E-state index in [2.05, 4.69) is 27.4 Å². The molecule has 0 atom stereocenters. The summed E-state index contributed by atoms with van der Waals surface area (Å²) >= 11 is 6.42. The van der Waals surface area contributed by atoms with Gasteiger partial charge in [-0.2, -0.15) is 0 Å². The number of fused-ring (bicyclic) bond motifs is 4. The Kier molecular flexibility index (Phi) is 4.46. The number of carboxylic acid groups (broad SMARTS) is 1. The summed E-state index contributed by atoms with van der Waals surface area (Å²) in [5, 5.41) is 12.4. The summed E-state index contributed by atoms with van der Waals surface area (Å²) in [6.45, 7) is 0. The number of aromatic nitrogens is 2. The van der Waals surface area contributed by atoms with Gasteiger partial charge in [0, 0.05) is 23.4 Å². The Hall–Kier alpha value is -2.34. The number of rotatable bonds is 4. The fraction of sp³-hybridized carbons (Fsp3) is 0.450. The van der Waals surface area contributed by atoms with E-state index in [9.17, 15) is 4.79 Å². The van der Waals surface area contributed by atoms with Gasteiger partial charge in [0.25, 0.3) is 0 Å². The monoisotopic (exact) mass is 387 g/mol. The quantitative estimate of drug-likeness (QED) is 0.796. The highest BCUT2D eigenvalue weighted by Gasteiger charge is 2.48. The number of carbonyl (C=O) groups is 1. The molecule has 27 heavy (non-hydrogen) atoms. The van der Waals surface area contributed by atoms with Gasteiger partial charge in [-0.25, -0.2) is 9.78 Å². The van der Waals surface area contributed by atoms with Crippen molar-refractivity contribution in [3.05, 3.63) is 35.0 Å². The third-order valence-electron chi connectivity index (χ3n) is 6.17. The van der Waals surface area contributed by atoms with E-state index in [0.717, 1.165) is 55.1 Å². The minimum absolute atomic E-state index is 0.0969. The number of ether oxygens (including phenoxy) is 1. The highest BCUT2D eigenvalue weighted by Crippen LogP contribution is 2.53. The normalized spacial score (nSPS) is 27.2. The van der Waals surface area contributed by atoms with Gasteiger partial charge in [0.2, 0.25) is 5.88 Å². The molecule has 3 saturated carbocycles. The average Bonchev–Trinajstić information content (AvgIpc) is 2.67. The van der Waals surface area contributed by atoms with Crippen LogP contribution in [0.4, 0.5) is 4.79 Å². The molecule has 0 aliphatic heterocycles. The van der Waals surface area contributed by atoms with Gasteiger partial charge in [-0.3, -0.25) is 4.98 Å². The van der Waals surface area contributed by atoms with Gasteiger partial charge in [0.1, 0.15) is 5.52 Å². The highest BCUT2D eigenvalue weighted by atomic mass is 35.5. The van der Waals surface area contributed by atoms with Crippen molar-refractivity contribution in [2.75, 3.05) is 7.11 Å². The number of nitrogens with one attached hydrogen (secondary N) is 1. The van der Waals surface area contributed by atoms with Crippen molar-refractivity contribution >= 4 is 34.8 Å². The molecule has 0 radical (unpaired) electrons. The van der Waals surface area contributed by atoms with E-state index in [4.69, 9.17) is 21.4 Å². The number of methoxy groups -OCH3 is 1. The minimum atomic E-state index is -0.921. The van der Waals surface area contributed by atoms with Crippen LogP contribution in [0, 0.1) is 5.41 Å². The van der Waals surface area contributed by atoms with Crippen LogP contribution in [0.15, 0.2) is 24.4 Å². The molecule has 2 aromatic heterocycles. The molecule has 2 heterocycles. The lowest BCUT2D eigenvalue weighted by atomic mass is 9.57. The van der Waals surface area contributed by atoms with Gasteiger partial charge in [0.15, 0.2) is 0 Å². The second kappa shape index (κ2) is 6.68. The van der Waals surface area contributed by atoms with Crippen LogP contribution in [0.3, 0.4) is 0 Å². The standard InChI is InChI=1S/C20H22ClN3O3/c1-27-16-3-2-15-17(23-16)13(14(21)12-22-15)4-5-19-6-9-20(10-7-19,11-8-19)24-18(25)26/h2-5,12,24H,6-11H2,1H3,(H,25,26). The predicted molar refractivity (Wildman–Crippen MR) is 104 cm³/mol. The lowest BCUT2D eigenvalue weighted by Crippen LogP contribution is -2.55. The second-order valence-corrected chi connectivity index (χ2v) is 8.05. The van der Waals surface area contributed by atoms with E-state index in [1.807, 2.05) is 6.07 Å². The van der Waals surface area contributed by atoms with Crippen molar-refractivity contribution in [3.63, 3.8) is 0 Å². The third-order valence-corrected chi connectivity index (χ3v) is 6.47. The Morgan fingerprint density at radius 3 is 2.59 bits per heavy atom. The first kappa shape index (κ1) is 18.0. The average molecular weight is 388 g/mol. The summed E-state index contributed by atoms with van der Waals surface area (Å²) in [6.07, 6.45) is 10.6. The zero-order chi connectivity index (χ0) is 19.1. The Bertz CT molecular complexity index is 904. The molecule has 0 aromatic carbocycles. The molecule has 3 aliphatic carbocycles. The fourth-order valence-corrected chi connectivity index (χ4v) is 4.66. The van der Waals surface area contributed by atoms with E-state index in [0.29, 0.717) is 10.9 Å².